The van der Waals surface area contributed by atoms with E-state index in [9.17, 15) is 9.59 Å². The fourth-order valence-corrected chi connectivity index (χ4v) is 3.14. The van der Waals surface area contributed by atoms with Crippen LogP contribution >= 0.6 is 0 Å². The van der Waals surface area contributed by atoms with Gasteiger partial charge in [0.2, 0.25) is 5.91 Å². The van der Waals surface area contributed by atoms with Crippen LogP contribution in [0.5, 0.6) is 0 Å². The molecule has 1 aliphatic heterocycles. The Morgan fingerprint density at radius 2 is 2.19 bits per heavy atom. The van der Waals surface area contributed by atoms with Crippen LogP contribution in [0.3, 0.4) is 0 Å². The van der Waals surface area contributed by atoms with E-state index in [4.69, 9.17) is 0 Å². The Morgan fingerprint density at radius 1 is 1.30 bits per heavy atom. The predicted octanol–water partition coefficient (Wildman–Crippen LogP) is 1.56. The summed E-state index contributed by atoms with van der Waals surface area (Å²) in [5, 5.41) is 8.46. The second-order valence-electron chi connectivity index (χ2n) is 6.50. The van der Waals surface area contributed by atoms with Crippen LogP contribution in [0.2, 0.25) is 0 Å². The summed E-state index contributed by atoms with van der Waals surface area (Å²) in [4.78, 5) is 34.4. The van der Waals surface area contributed by atoms with Crippen LogP contribution in [0, 0.1) is 0 Å². The summed E-state index contributed by atoms with van der Waals surface area (Å²) >= 11 is 0. The molecule has 142 valence electrons. The van der Waals surface area contributed by atoms with Crippen LogP contribution in [-0.4, -0.2) is 48.1 Å². The van der Waals surface area contributed by atoms with E-state index in [0.29, 0.717) is 12.2 Å². The molecule has 27 heavy (non-hydrogen) atoms. The number of nitrogens with zero attached hydrogens (tertiary/aromatic N) is 3. The van der Waals surface area contributed by atoms with Gasteiger partial charge in [0.05, 0.1) is 12.6 Å². The summed E-state index contributed by atoms with van der Waals surface area (Å²) in [6, 6.07) is 7.08. The van der Waals surface area contributed by atoms with Gasteiger partial charge >= 0.3 is 6.03 Å². The molecular weight excluding hydrogens is 344 g/mol. The number of hydrogen-bond acceptors (Lipinski definition) is 5. The van der Waals surface area contributed by atoms with Crippen molar-refractivity contribution < 1.29 is 9.59 Å². The zero-order chi connectivity index (χ0) is 19.1. The highest BCUT2D eigenvalue weighted by molar-refractivity contribution is 5.89. The van der Waals surface area contributed by atoms with E-state index < -0.39 is 0 Å². The van der Waals surface area contributed by atoms with Gasteiger partial charge in [-0.2, -0.15) is 0 Å². The number of rotatable bonds is 5. The number of hydrogen-bond donors (Lipinski definition) is 3. The molecule has 0 aliphatic carbocycles. The van der Waals surface area contributed by atoms with E-state index >= 15 is 0 Å². The second-order valence-corrected chi connectivity index (χ2v) is 6.50. The maximum atomic E-state index is 12.4. The first-order valence-electron chi connectivity index (χ1n) is 9.02. The van der Waals surface area contributed by atoms with E-state index in [1.54, 1.807) is 31.7 Å². The lowest BCUT2D eigenvalue weighted by Crippen LogP contribution is -2.49. The first-order chi connectivity index (χ1) is 13.1. The summed E-state index contributed by atoms with van der Waals surface area (Å²) in [6.45, 7) is 1.60. The van der Waals surface area contributed by atoms with Crippen molar-refractivity contribution in [2.24, 2.45) is 0 Å². The minimum absolute atomic E-state index is 0.0369. The number of aromatic nitrogens is 2. The summed E-state index contributed by atoms with van der Waals surface area (Å²) in [7, 11) is 1.60. The molecular formula is C19H24N6O2. The number of nitrogens with one attached hydrogen (secondary N) is 3. The van der Waals surface area contributed by atoms with Crippen molar-refractivity contribution in [3.05, 3.63) is 48.4 Å². The zero-order valence-corrected chi connectivity index (χ0v) is 15.3. The fraction of sp³-hybridized carbons (Fsp3) is 0.368. The van der Waals surface area contributed by atoms with Crippen LogP contribution in [0.25, 0.3) is 0 Å². The third-order valence-electron chi connectivity index (χ3n) is 4.46. The van der Waals surface area contributed by atoms with Crippen LogP contribution < -0.4 is 20.9 Å². The Labute approximate surface area is 158 Å². The number of benzene rings is 1. The summed E-state index contributed by atoms with van der Waals surface area (Å²) in [5.41, 5.74) is 1.51. The number of urea groups is 1. The quantitative estimate of drug-likeness (QED) is 0.744. The van der Waals surface area contributed by atoms with E-state index in [-0.39, 0.29) is 24.4 Å². The average Bonchev–Trinajstić information content (AvgIpc) is 2.69. The SMILES string of the molecule is CNC(=O)Cc1cccc(NC(=O)N[C@H]2CCCN(c3cnccn3)C2)c1. The first-order valence-corrected chi connectivity index (χ1v) is 9.02. The fourth-order valence-electron chi connectivity index (χ4n) is 3.14. The van der Waals surface area contributed by atoms with Gasteiger partial charge < -0.3 is 20.9 Å². The molecule has 1 atom stereocenters. The molecule has 1 fully saturated rings. The van der Waals surface area contributed by atoms with Crippen LogP contribution in [0.4, 0.5) is 16.3 Å². The van der Waals surface area contributed by atoms with E-state index in [1.807, 2.05) is 18.2 Å². The summed E-state index contributed by atoms with van der Waals surface area (Å²) in [6.07, 6.45) is 7.23. The van der Waals surface area contributed by atoms with Gasteiger partial charge in [-0.15, -0.1) is 0 Å². The Hall–Kier alpha value is -3.16. The van der Waals surface area contributed by atoms with Gasteiger partial charge in [-0.1, -0.05) is 12.1 Å². The molecule has 1 aliphatic rings. The molecule has 2 aromatic rings. The molecule has 3 rings (SSSR count). The summed E-state index contributed by atoms with van der Waals surface area (Å²) in [5.74, 6) is 0.759. The minimum atomic E-state index is -0.252. The Kier molecular flexibility index (Phi) is 6.19. The van der Waals surface area contributed by atoms with Crippen LogP contribution in [0.1, 0.15) is 18.4 Å². The molecule has 0 bridgehead atoms. The molecule has 8 nitrogen and oxygen atoms in total. The number of amides is 3. The predicted molar refractivity (Wildman–Crippen MR) is 104 cm³/mol. The van der Waals surface area contributed by atoms with Crippen molar-refractivity contribution in [2.75, 3.05) is 30.4 Å². The molecule has 3 amide bonds. The van der Waals surface area contributed by atoms with Gasteiger partial charge in [-0.3, -0.25) is 9.78 Å². The number of anilines is 2. The number of carbonyl (C=O) groups is 2. The molecule has 8 heteroatoms. The zero-order valence-electron chi connectivity index (χ0n) is 15.3. The number of likely N-dealkylation sites (N-methyl/N-ethyl adjacent to an activating group) is 1. The van der Waals surface area contributed by atoms with Crippen molar-refractivity contribution in [3.8, 4) is 0 Å². The molecule has 1 saturated heterocycles. The lowest BCUT2D eigenvalue weighted by atomic mass is 10.1. The number of piperidine rings is 1. The van der Waals surface area contributed by atoms with Crippen molar-refractivity contribution >= 4 is 23.4 Å². The standard InChI is InChI=1S/C19H24N6O2/c1-20-18(26)11-14-4-2-5-15(10-14)23-19(27)24-16-6-3-9-25(13-16)17-12-21-7-8-22-17/h2,4-5,7-8,10,12,16H,3,6,9,11,13H2,1H3,(H,20,26)(H2,23,24,27)/t16-/m0/s1. The van der Waals surface area contributed by atoms with Gasteiger partial charge in [-0.05, 0) is 30.5 Å². The van der Waals surface area contributed by atoms with Gasteiger partial charge in [0.15, 0.2) is 0 Å². The number of carbonyl (C=O) groups excluding carboxylic acids is 2. The van der Waals surface area contributed by atoms with Crippen LogP contribution in [0.15, 0.2) is 42.9 Å². The smallest absolute Gasteiger partial charge is 0.319 e. The lowest BCUT2D eigenvalue weighted by Gasteiger charge is -2.33. The minimum Gasteiger partial charge on any atom is -0.359 e. The molecule has 0 radical (unpaired) electrons. The average molecular weight is 368 g/mol. The van der Waals surface area contributed by atoms with Crippen molar-refractivity contribution in [1.82, 2.24) is 20.6 Å². The third-order valence-corrected chi connectivity index (χ3v) is 4.46. The maximum absolute atomic E-state index is 12.4. The molecule has 0 saturated carbocycles. The van der Waals surface area contributed by atoms with E-state index in [1.165, 1.54) is 0 Å². The van der Waals surface area contributed by atoms with Crippen molar-refractivity contribution in [3.63, 3.8) is 0 Å². The highest BCUT2D eigenvalue weighted by atomic mass is 16.2. The Balaban J connectivity index is 1.54. The van der Waals surface area contributed by atoms with Gasteiger partial charge in [0.25, 0.3) is 0 Å². The maximum Gasteiger partial charge on any atom is 0.319 e. The van der Waals surface area contributed by atoms with Gasteiger partial charge in [-0.25, -0.2) is 9.78 Å². The molecule has 1 aromatic carbocycles. The van der Waals surface area contributed by atoms with Crippen molar-refractivity contribution in [1.29, 1.82) is 0 Å². The van der Waals surface area contributed by atoms with E-state index in [0.717, 1.165) is 30.8 Å². The molecule has 1 aromatic heterocycles. The first kappa shape index (κ1) is 18.6. The highest BCUT2D eigenvalue weighted by Crippen LogP contribution is 2.17. The monoisotopic (exact) mass is 368 g/mol. The molecule has 2 heterocycles. The van der Waals surface area contributed by atoms with Crippen molar-refractivity contribution in [2.45, 2.75) is 25.3 Å². The Morgan fingerprint density at radius 3 is 2.96 bits per heavy atom. The highest BCUT2D eigenvalue weighted by Gasteiger charge is 2.22. The van der Waals surface area contributed by atoms with E-state index in [2.05, 4.69) is 30.8 Å². The van der Waals surface area contributed by atoms with Gasteiger partial charge in [0.1, 0.15) is 5.82 Å². The Bertz CT molecular complexity index is 783. The van der Waals surface area contributed by atoms with Gasteiger partial charge in [0, 0.05) is 44.3 Å². The second kappa shape index (κ2) is 8.98. The molecule has 0 spiro atoms. The van der Waals surface area contributed by atoms with Crippen LogP contribution in [-0.2, 0) is 11.2 Å². The largest absolute Gasteiger partial charge is 0.359 e. The topological polar surface area (TPSA) is 99.2 Å². The third kappa shape index (κ3) is 5.40. The molecule has 3 N–H and O–H groups in total. The normalized spacial score (nSPS) is 16.5. The molecule has 0 unspecified atom stereocenters. The summed E-state index contributed by atoms with van der Waals surface area (Å²) < 4.78 is 0. The lowest BCUT2D eigenvalue weighted by molar-refractivity contribution is -0.119.